The first-order chi connectivity index (χ1) is 8.48. The predicted molar refractivity (Wildman–Crippen MR) is 76.0 cm³/mol. The summed E-state index contributed by atoms with van der Waals surface area (Å²) in [6.45, 7) is 11.5. The number of imidazole rings is 1. The Balaban J connectivity index is 2.58. The Morgan fingerprint density at radius 3 is 2.78 bits per heavy atom. The van der Waals surface area contributed by atoms with E-state index in [1.807, 2.05) is 6.92 Å². The monoisotopic (exact) mass is 253 g/mol. The fourth-order valence-corrected chi connectivity index (χ4v) is 1.68. The van der Waals surface area contributed by atoms with Gasteiger partial charge in [0.1, 0.15) is 0 Å². The van der Waals surface area contributed by atoms with Crippen LogP contribution in [-0.2, 0) is 11.3 Å². The van der Waals surface area contributed by atoms with Crippen molar-refractivity contribution in [2.45, 2.75) is 47.1 Å². The molecule has 0 fully saturated rings. The van der Waals surface area contributed by atoms with Gasteiger partial charge in [0.15, 0.2) is 0 Å². The van der Waals surface area contributed by atoms with Crippen LogP contribution in [0.15, 0.2) is 6.20 Å². The molecule has 104 valence electrons. The molecule has 0 aromatic carbocycles. The van der Waals surface area contributed by atoms with Crippen LogP contribution in [0, 0.1) is 12.3 Å². The third-order valence-corrected chi connectivity index (χ3v) is 3.33. The summed E-state index contributed by atoms with van der Waals surface area (Å²) in [6, 6.07) is 0. The molecule has 0 spiro atoms. The number of ether oxygens (including phenoxy) is 1. The van der Waals surface area contributed by atoms with Crippen LogP contribution in [0.2, 0.25) is 0 Å². The maximum atomic E-state index is 5.09. The van der Waals surface area contributed by atoms with Crippen LogP contribution >= 0.6 is 0 Å². The molecule has 0 saturated carbocycles. The summed E-state index contributed by atoms with van der Waals surface area (Å²) in [5.74, 6) is 0.977. The summed E-state index contributed by atoms with van der Waals surface area (Å²) in [6.07, 6.45) is 4.26. The Hall–Kier alpha value is -1.03. The molecule has 4 heteroatoms. The lowest BCUT2D eigenvalue weighted by atomic mass is 9.90. The van der Waals surface area contributed by atoms with E-state index in [1.54, 1.807) is 7.11 Å². The second kappa shape index (κ2) is 6.78. The third-order valence-electron chi connectivity index (χ3n) is 3.33. The largest absolute Gasteiger partial charge is 0.385 e. The number of anilines is 1. The van der Waals surface area contributed by atoms with Crippen LogP contribution in [0.1, 0.15) is 39.3 Å². The van der Waals surface area contributed by atoms with Crippen molar-refractivity contribution in [1.82, 2.24) is 9.55 Å². The fourth-order valence-electron chi connectivity index (χ4n) is 1.68. The van der Waals surface area contributed by atoms with Gasteiger partial charge in [0.05, 0.1) is 5.69 Å². The Bertz CT molecular complexity index is 358. The quantitative estimate of drug-likeness (QED) is 0.724. The maximum Gasteiger partial charge on any atom is 0.203 e. The predicted octanol–water partition coefficient (Wildman–Crippen LogP) is 3.08. The number of hydrogen-bond donors (Lipinski definition) is 1. The van der Waals surface area contributed by atoms with Crippen molar-refractivity contribution < 1.29 is 4.74 Å². The summed E-state index contributed by atoms with van der Waals surface area (Å²) in [7, 11) is 1.74. The summed E-state index contributed by atoms with van der Waals surface area (Å²) in [4.78, 5) is 4.54. The van der Waals surface area contributed by atoms with Crippen LogP contribution in [0.4, 0.5) is 5.95 Å². The number of nitrogens with zero attached hydrogens (tertiary/aromatic N) is 2. The Kier molecular flexibility index (Phi) is 5.66. The highest BCUT2D eigenvalue weighted by molar-refractivity contribution is 5.29. The van der Waals surface area contributed by atoms with Crippen LogP contribution in [0.5, 0.6) is 0 Å². The molecule has 4 nitrogen and oxygen atoms in total. The second-order valence-electron chi connectivity index (χ2n) is 5.62. The maximum absolute atomic E-state index is 5.09. The molecule has 0 amide bonds. The lowest BCUT2D eigenvalue weighted by Gasteiger charge is -2.23. The van der Waals surface area contributed by atoms with Gasteiger partial charge in [-0.05, 0) is 25.2 Å². The van der Waals surface area contributed by atoms with E-state index in [0.29, 0.717) is 5.41 Å². The molecule has 0 bridgehead atoms. The summed E-state index contributed by atoms with van der Waals surface area (Å²) in [5, 5.41) is 3.46. The minimum absolute atomic E-state index is 0.303. The normalized spacial score (nSPS) is 11.8. The highest BCUT2D eigenvalue weighted by Crippen LogP contribution is 2.20. The molecule has 1 N–H and O–H groups in total. The molecule has 0 atom stereocenters. The fraction of sp³-hybridized carbons (Fsp3) is 0.786. The molecular formula is C14H27N3O. The molecule has 1 aromatic rings. The van der Waals surface area contributed by atoms with Crippen molar-refractivity contribution in [3.05, 3.63) is 11.9 Å². The number of aryl methyl sites for hydroxylation is 2. The van der Waals surface area contributed by atoms with E-state index in [-0.39, 0.29) is 0 Å². The molecule has 1 aromatic heterocycles. The average Bonchev–Trinajstić information content (AvgIpc) is 2.68. The van der Waals surface area contributed by atoms with Crippen molar-refractivity contribution in [1.29, 1.82) is 0 Å². The van der Waals surface area contributed by atoms with E-state index in [9.17, 15) is 0 Å². The van der Waals surface area contributed by atoms with Gasteiger partial charge in [-0.2, -0.15) is 0 Å². The summed E-state index contributed by atoms with van der Waals surface area (Å²) >= 11 is 0. The average molecular weight is 253 g/mol. The van der Waals surface area contributed by atoms with Gasteiger partial charge in [0.25, 0.3) is 0 Å². The smallest absolute Gasteiger partial charge is 0.203 e. The zero-order valence-electron chi connectivity index (χ0n) is 12.4. The van der Waals surface area contributed by atoms with Gasteiger partial charge in [-0.15, -0.1) is 0 Å². The van der Waals surface area contributed by atoms with Crippen LogP contribution in [0.3, 0.4) is 0 Å². The Labute approximate surface area is 111 Å². The van der Waals surface area contributed by atoms with Crippen molar-refractivity contribution in [3.63, 3.8) is 0 Å². The Morgan fingerprint density at radius 2 is 2.17 bits per heavy atom. The molecule has 18 heavy (non-hydrogen) atoms. The van der Waals surface area contributed by atoms with Crippen LogP contribution < -0.4 is 5.32 Å². The van der Waals surface area contributed by atoms with E-state index in [2.05, 4.69) is 41.8 Å². The SMILES string of the molecule is CCC(C)(C)CNc1nc(C)cn1CCCOC. The van der Waals surface area contributed by atoms with Crippen molar-refractivity contribution in [3.8, 4) is 0 Å². The van der Waals surface area contributed by atoms with E-state index in [1.165, 1.54) is 0 Å². The zero-order chi connectivity index (χ0) is 13.6. The van der Waals surface area contributed by atoms with Gasteiger partial charge >= 0.3 is 0 Å². The van der Waals surface area contributed by atoms with Crippen molar-refractivity contribution >= 4 is 5.95 Å². The number of aromatic nitrogens is 2. The number of hydrogen-bond acceptors (Lipinski definition) is 3. The first kappa shape index (κ1) is 15.0. The van der Waals surface area contributed by atoms with Gasteiger partial charge in [0, 0.05) is 33.0 Å². The first-order valence-corrected chi connectivity index (χ1v) is 6.75. The van der Waals surface area contributed by atoms with Crippen molar-refractivity contribution in [2.75, 3.05) is 25.6 Å². The van der Waals surface area contributed by atoms with Gasteiger partial charge in [0.2, 0.25) is 5.95 Å². The molecule has 0 saturated heterocycles. The third kappa shape index (κ3) is 4.69. The van der Waals surface area contributed by atoms with Gasteiger partial charge in [-0.1, -0.05) is 20.8 Å². The van der Waals surface area contributed by atoms with Gasteiger partial charge < -0.3 is 14.6 Å². The molecule has 0 aliphatic heterocycles. The summed E-state index contributed by atoms with van der Waals surface area (Å²) in [5.41, 5.74) is 1.36. The second-order valence-corrected chi connectivity index (χ2v) is 5.62. The van der Waals surface area contributed by atoms with E-state index in [0.717, 1.165) is 44.2 Å². The molecular weight excluding hydrogens is 226 g/mol. The van der Waals surface area contributed by atoms with Crippen molar-refractivity contribution in [2.24, 2.45) is 5.41 Å². The lowest BCUT2D eigenvalue weighted by molar-refractivity contribution is 0.190. The number of methoxy groups -OCH3 is 1. The highest BCUT2D eigenvalue weighted by Gasteiger charge is 2.16. The van der Waals surface area contributed by atoms with E-state index < -0.39 is 0 Å². The zero-order valence-corrected chi connectivity index (χ0v) is 12.4. The molecule has 0 aliphatic rings. The van der Waals surface area contributed by atoms with E-state index >= 15 is 0 Å². The Morgan fingerprint density at radius 1 is 1.44 bits per heavy atom. The minimum Gasteiger partial charge on any atom is -0.385 e. The van der Waals surface area contributed by atoms with Gasteiger partial charge in [-0.3, -0.25) is 0 Å². The molecule has 0 unspecified atom stereocenters. The first-order valence-electron chi connectivity index (χ1n) is 6.75. The lowest BCUT2D eigenvalue weighted by Crippen LogP contribution is -2.23. The molecule has 1 heterocycles. The molecule has 0 aliphatic carbocycles. The van der Waals surface area contributed by atoms with E-state index in [4.69, 9.17) is 4.74 Å². The summed E-state index contributed by atoms with van der Waals surface area (Å²) < 4.78 is 7.27. The van der Waals surface area contributed by atoms with Crippen LogP contribution in [-0.4, -0.2) is 29.8 Å². The van der Waals surface area contributed by atoms with Gasteiger partial charge in [-0.25, -0.2) is 4.98 Å². The number of nitrogens with one attached hydrogen (secondary N) is 1. The standard InChI is InChI=1S/C14H27N3O/c1-6-14(3,4)11-15-13-16-12(2)10-17(13)8-7-9-18-5/h10H,6-9,11H2,1-5H3,(H,15,16). The van der Waals surface area contributed by atoms with Crippen LogP contribution in [0.25, 0.3) is 0 Å². The molecule has 1 rings (SSSR count). The molecule has 0 radical (unpaired) electrons. The highest BCUT2D eigenvalue weighted by atomic mass is 16.5. The number of rotatable bonds is 8. The minimum atomic E-state index is 0.303. The topological polar surface area (TPSA) is 39.1 Å².